The number of amides is 3. The van der Waals surface area contributed by atoms with Crippen LogP contribution in [0.2, 0.25) is 0 Å². The lowest BCUT2D eigenvalue weighted by Crippen LogP contribution is -2.38. The molecular formula is C21H24N2O5. The molecule has 0 radical (unpaired) electrons. The third-order valence-corrected chi connectivity index (χ3v) is 6.34. The molecule has 148 valence electrons. The first-order chi connectivity index (χ1) is 13.5. The smallest absolute Gasteiger partial charge is 0.326 e. The minimum Gasteiger partial charge on any atom is -0.454 e. The van der Waals surface area contributed by atoms with Crippen LogP contribution in [0.15, 0.2) is 24.3 Å². The van der Waals surface area contributed by atoms with Gasteiger partial charge in [-0.3, -0.25) is 24.1 Å². The second-order valence-electron chi connectivity index (χ2n) is 7.87. The number of rotatable bonds is 6. The molecule has 3 fully saturated rings. The minimum atomic E-state index is -0.743. The predicted molar refractivity (Wildman–Crippen MR) is 99.9 cm³/mol. The van der Waals surface area contributed by atoms with Crippen molar-refractivity contribution in [2.45, 2.75) is 32.6 Å². The Morgan fingerprint density at radius 3 is 2.39 bits per heavy atom. The SMILES string of the molecule is CCc1ccccc1NC(=O)COC(=O)CN1C(=O)[C@@H]2[C@H]3CC[C@@H](C3)[C@@H]2C1=O. The topological polar surface area (TPSA) is 92.8 Å². The Kier molecular flexibility index (Phi) is 4.91. The molecule has 7 heteroatoms. The highest BCUT2D eigenvalue weighted by Gasteiger charge is 2.61. The van der Waals surface area contributed by atoms with Gasteiger partial charge in [0.1, 0.15) is 6.54 Å². The van der Waals surface area contributed by atoms with Crippen molar-refractivity contribution in [3.05, 3.63) is 29.8 Å². The molecule has 0 aromatic heterocycles. The van der Waals surface area contributed by atoms with Crippen LogP contribution in [0.1, 0.15) is 31.7 Å². The second-order valence-corrected chi connectivity index (χ2v) is 7.87. The maximum absolute atomic E-state index is 12.6. The molecule has 7 nitrogen and oxygen atoms in total. The first kappa shape index (κ1) is 18.7. The zero-order chi connectivity index (χ0) is 19.8. The van der Waals surface area contributed by atoms with E-state index in [1.165, 1.54) is 0 Å². The number of nitrogens with zero attached hydrogens (tertiary/aromatic N) is 1. The van der Waals surface area contributed by atoms with E-state index in [1.807, 2.05) is 25.1 Å². The molecule has 2 saturated carbocycles. The first-order valence-electron chi connectivity index (χ1n) is 9.88. The summed E-state index contributed by atoms with van der Waals surface area (Å²) in [7, 11) is 0. The summed E-state index contributed by atoms with van der Waals surface area (Å²) < 4.78 is 5.00. The predicted octanol–water partition coefficient (Wildman–Crippen LogP) is 1.76. The summed E-state index contributed by atoms with van der Waals surface area (Å²) >= 11 is 0. The van der Waals surface area contributed by atoms with E-state index in [0.29, 0.717) is 5.69 Å². The molecule has 1 aromatic carbocycles. The number of benzene rings is 1. The van der Waals surface area contributed by atoms with Crippen molar-refractivity contribution in [2.24, 2.45) is 23.7 Å². The van der Waals surface area contributed by atoms with Gasteiger partial charge < -0.3 is 10.1 Å². The Morgan fingerprint density at radius 1 is 1.11 bits per heavy atom. The van der Waals surface area contributed by atoms with E-state index in [9.17, 15) is 19.2 Å². The van der Waals surface area contributed by atoms with Gasteiger partial charge in [-0.05, 0) is 49.1 Å². The number of esters is 1. The summed E-state index contributed by atoms with van der Waals surface area (Å²) in [6.07, 6.45) is 3.69. The van der Waals surface area contributed by atoms with Crippen LogP contribution in [0, 0.1) is 23.7 Å². The third-order valence-electron chi connectivity index (χ3n) is 6.34. The number of carbonyl (C=O) groups is 4. The average molecular weight is 384 g/mol. The zero-order valence-electron chi connectivity index (χ0n) is 15.8. The van der Waals surface area contributed by atoms with E-state index < -0.39 is 25.0 Å². The highest BCUT2D eigenvalue weighted by molar-refractivity contribution is 6.08. The number of likely N-dealkylation sites (tertiary alicyclic amines) is 1. The van der Waals surface area contributed by atoms with Gasteiger partial charge in [0.2, 0.25) is 11.8 Å². The van der Waals surface area contributed by atoms with Crippen LogP contribution in [-0.2, 0) is 30.3 Å². The highest BCUT2D eigenvalue weighted by atomic mass is 16.5. The number of hydrogen-bond donors (Lipinski definition) is 1. The highest BCUT2D eigenvalue weighted by Crippen LogP contribution is 2.56. The molecule has 3 amide bonds. The lowest BCUT2D eigenvalue weighted by Gasteiger charge is -2.19. The second kappa shape index (κ2) is 7.37. The number of fused-ring (bicyclic) bond motifs is 5. The van der Waals surface area contributed by atoms with Gasteiger partial charge in [-0.25, -0.2) is 0 Å². The summed E-state index contributed by atoms with van der Waals surface area (Å²) in [5.41, 5.74) is 1.66. The van der Waals surface area contributed by atoms with Gasteiger partial charge in [0, 0.05) is 5.69 Å². The molecule has 3 aliphatic rings. The lowest BCUT2D eigenvalue weighted by atomic mass is 9.81. The third kappa shape index (κ3) is 3.19. The Morgan fingerprint density at radius 2 is 1.75 bits per heavy atom. The summed E-state index contributed by atoms with van der Waals surface area (Å²) in [6.45, 7) is 1.12. The molecule has 4 rings (SSSR count). The number of hydrogen-bond acceptors (Lipinski definition) is 5. The molecule has 1 N–H and O–H groups in total. The number of carbonyl (C=O) groups excluding carboxylic acids is 4. The van der Waals surface area contributed by atoms with Crippen LogP contribution in [0.5, 0.6) is 0 Å². The van der Waals surface area contributed by atoms with Gasteiger partial charge in [0.25, 0.3) is 5.91 Å². The van der Waals surface area contributed by atoms with Crippen molar-refractivity contribution in [3.8, 4) is 0 Å². The van der Waals surface area contributed by atoms with Crippen molar-refractivity contribution in [2.75, 3.05) is 18.5 Å². The summed E-state index contributed by atoms with van der Waals surface area (Å²) in [5, 5.41) is 2.72. The van der Waals surface area contributed by atoms with Gasteiger partial charge in [-0.15, -0.1) is 0 Å². The van der Waals surface area contributed by atoms with E-state index in [4.69, 9.17) is 4.74 Å². The quantitative estimate of drug-likeness (QED) is 0.596. The van der Waals surface area contributed by atoms with E-state index in [-0.39, 0.29) is 35.5 Å². The fourth-order valence-electron chi connectivity index (χ4n) is 5.08. The van der Waals surface area contributed by atoms with Crippen molar-refractivity contribution in [1.82, 2.24) is 4.90 Å². The minimum absolute atomic E-state index is 0.250. The zero-order valence-corrected chi connectivity index (χ0v) is 15.8. The number of anilines is 1. The Balaban J connectivity index is 1.30. The van der Waals surface area contributed by atoms with Crippen LogP contribution in [-0.4, -0.2) is 41.7 Å². The van der Waals surface area contributed by atoms with E-state index in [0.717, 1.165) is 36.1 Å². The van der Waals surface area contributed by atoms with Crippen molar-refractivity contribution < 1.29 is 23.9 Å². The lowest BCUT2D eigenvalue weighted by molar-refractivity contribution is -0.154. The van der Waals surface area contributed by atoms with Crippen LogP contribution < -0.4 is 5.32 Å². The maximum Gasteiger partial charge on any atom is 0.326 e. The molecule has 1 aliphatic heterocycles. The molecular weight excluding hydrogens is 360 g/mol. The summed E-state index contributed by atoms with van der Waals surface area (Å²) in [6, 6.07) is 7.40. The van der Waals surface area contributed by atoms with Gasteiger partial charge in [-0.1, -0.05) is 25.1 Å². The number of para-hydroxylation sites is 1. The molecule has 2 aliphatic carbocycles. The fraction of sp³-hybridized carbons (Fsp3) is 0.524. The summed E-state index contributed by atoms with van der Waals surface area (Å²) in [5.74, 6) is -1.66. The van der Waals surface area contributed by atoms with Crippen LogP contribution in [0.4, 0.5) is 5.69 Å². The molecule has 1 heterocycles. The number of ether oxygens (including phenoxy) is 1. The Hall–Kier alpha value is -2.70. The molecule has 4 atom stereocenters. The molecule has 1 saturated heterocycles. The number of nitrogens with one attached hydrogen (secondary N) is 1. The van der Waals surface area contributed by atoms with E-state index in [1.54, 1.807) is 6.07 Å². The van der Waals surface area contributed by atoms with Crippen LogP contribution in [0.3, 0.4) is 0 Å². The largest absolute Gasteiger partial charge is 0.454 e. The van der Waals surface area contributed by atoms with Crippen molar-refractivity contribution in [3.63, 3.8) is 0 Å². The normalized spacial score (nSPS) is 27.8. The number of imide groups is 1. The van der Waals surface area contributed by atoms with Gasteiger partial charge in [0.15, 0.2) is 6.61 Å². The van der Waals surface area contributed by atoms with Crippen LogP contribution in [0.25, 0.3) is 0 Å². The fourth-order valence-corrected chi connectivity index (χ4v) is 5.08. The monoisotopic (exact) mass is 384 g/mol. The van der Waals surface area contributed by atoms with E-state index in [2.05, 4.69) is 5.32 Å². The van der Waals surface area contributed by atoms with Crippen LogP contribution >= 0.6 is 0 Å². The standard InChI is InChI=1S/C21H24N2O5/c1-2-12-5-3-4-6-15(12)22-16(24)11-28-17(25)10-23-20(26)18-13-7-8-14(9-13)19(18)21(23)27/h3-6,13-14,18-19H,2,7-11H2,1H3,(H,22,24)/t13-,14-,18-,19+/m0/s1. The van der Waals surface area contributed by atoms with Gasteiger partial charge in [0.05, 0.1) is 11.8 Å². The molecule has 0 unspecified atom stereocenters. The van der Waals surface area contributed by atoms with Crippen molar-refractivity contribution in [1.29, 1.82) is 0 Å². The van der Waals surface area contributed by atoms with Crippen molar-refractivity contribution >= 4 is 29.4 Å². The average Bonchev–Trinajstić information content (AvgIpc) is 3.37. The number of aryl methyl sites for hydroxylation is 1. The molecule has 28 heavy (non-hydrogen) atoms. The maximum atomic E-state index is 12.6. The molecule has 0 spiro atoms. The van der Waals surface area contributed by atoms with Gasteiger partial charge >= 0.3 is 5.97 Å². The summed E-state index contributed by atoms with van der Waals surface area (Å²) in [4.78, 5) is 50.4. The first-order valence-corrected chi connectivity index (χ1v) is 9.88. The Bertz CT molecular complexity index is 808. The molecule has 2 bridgehead atoms. The van der Waals surface area contributed by atoms with E-state index >= 15 is 0 Å². The van der Waals surface area contributed by atoms with Gasteiger partial charge in [-0.2, -0.15) is 0 Å². The molecule has 1 aromatic rings. The Labute approximate surface area is 163 Å².